The van der Waals surface area contributed by atoms with Gasteiger partial charge in [-0.05, 0) is 25.5 Å². The van der Waals surface area contributed by atoms with Crippen molar-refractivity contribution in [2.24, 2.45) is 5.73 Å². The average Bonchev–Trinajstić information content (AvgIpc) is 2.44. The minimum absolute atomic E-state index is 0.142. The summed E-state index contributed by atoms with van der Waals surface area (Å²) in [7, 11) is 1.71. The summed E-state index contributed by atoms with van der Waals surface area (Å²) in [5, 5.41) is 0.149. The van der Waals surface area contributed by atoms with Gasteiger partial charge in [0, 0.05) is 25.8 Å². The van der Waals surface area contributed by atoms with Gasteiger partial charge in [0.2, 0.25) is 0 Å². The van der Waals surface area contributed by atoms with E-state index in [1.54, 1.807) is 25.3 Å². The molecule has 1 saturated heterocycles. The Morgan fingerprint density at radius 3 is 3.05 bits per heavy atom. The molecule has 1 heterocycles. The molecule has 0 aliphatic carbocycles. The van der Waals surface area contributed by atoms with Gasteiger partial charge in [0.05, 0.1) is 17.2 Å². The zero-order valence-corrected chi connectivity index (χ0v) is 11.9. The molecule has 2 unspecified atom stereocenters. The van der Waals surface area contributed by atoms with Crippen LogP contribution < -0.4 is 5.73 Å². The van der Waals surface area contributed by atoms with Gasteiger partial charge in [-0.25, -0.2) is 4.39 Å². The van der Waals surface area contributed by atoms with E-state index in [0.717, 1.165) is 25.9 Å². The van der Waals surface area contributed by atoms with E-state index in [0.29, 0.717) is 12.1 Å². The van der Waals surface area contributed by atoms with E-state index in [1.165, 1.54) is 0 Å². The molecule has 19 heavy (non-hydrogen) atoms. The topological polar surface area (TPSA) is 38.5 Å². The number of likely N-dealkylation sites (tertiary alicyclic amines) is 1. The summed E-state index contributed by atoms with van der Waals surface area (Å²) >= 11 is 5.85. The van der Waals surface area contributed by atoms with Crippen molar-refractivity contribution >= 4 is 11.6 Å². The predicted octanol–water partition coefficient (Wildman–Crippen LogP) is 2.59. The summed E-state index contributed by atoms with van der Waals surface area (Å²) in [5.74, 6) is -0.362. The molecular formula is C14H20ClFN2O. The number of ether oxygens (including phenoxy) is 1. The van der Waals surface area contributed by atoms with Gasteiger partial charge in [0.15, 0.2) is 0 Å². The van der Waals surface area contributed by atoms with Crippen molar-refractivity contribution in [2.45, 2.75) is 25.0 Å². The van der Waals surface area contributed by atoms with E-state index >= 15 is 0 Å². The second kappa shape index (κ2) is 6.66. The molecule has 1 aliphatic heterocycles. The lowest BCUT2D eigenvalue weighted by molar-refractivity contribution is 0.0149. The second-order valence-electron chi connectivity index (χ2n) is 4.89. The first-order chi connectivity index (χ1) is 9.17. The van der Waals surface area contributed by atoms with Crippen molar-refractivity contribution in [1.29, 1.82) is 0 Å². The summed E-state index contributed by atoms with van der Waals surface area (Å²) in [5.41, 5.74) is 6.42. The molecule has 0 radical (unpaired) electrons. The fourth-order valence-corrected chi connectivity index (χ4v) is 2.87. The maximum atomic E-state index is 14.1. The fraction of sp³-hybridized carbons (Fsp3) is 0.571. The molecule has 1 aliphatic rings. The predicted molar refractivity (Wildman–Crippen MR) is 74.8 cm³/mol. The molecule has 106 valence electrons. The Morgan fingerprint density at radius 2 is 2.37 bits per heavy atom. The summed E-state index contributed by atoms with van der Waals surface area (Å²) in [6.45, 7) is 2.06. The molecule has 3 nitrogen and oxygen atoms in total. The molecule has 0 aromatic heterocycles. The average molecular weight is 287 g/mol. The molecule has 0 amide bonds. The number of piperidine rings is 1. The van der Waals surface area contributed by atoms with Crippen LogP contribution in [0.3, 0.4) is 0 Å². The standard InChI is InChI=1S/C14H20ClFN2O/c1-19-10-4-3-7-18(9-10)13(8-17)11-5-2-6-12(15)14(11)16/h2,5-6,10,13H,3-4,7-9,17H2,1H3. The van der Waals surface area contributed by atoms with E-state index in [4.69, 9.17) is 22.1 Å². The first kappa shape index (κ1) is 14.7. The van der Waals surface area contributed by atoms with Crippen LogP contribution in [0.2, 0.25) is 5.02 Å². The number of nitrogens with zero attached hydrogens (tertiary/aromatic N) is 1. The highest BCUT2D eigenvalue weighted by molar-refractivity contribution is 6.30. The van der Waals surface area contributed by atoms with Crippen molar-refractivity contribution in [3.05, 3.63) is 34.6 Å². The molecule has 2 N–H and O–H groups in total. The van der Waals surface area contributed by atoms with Gasteiger partial charge >= 0.3 is 0 Å². The van der Waals surface area contributed by atoms with Gasteiger partial charge in [-0.1, -0.05) is 23.7 Å². The number of methoxy groups -OCH3 is 1. The van der Waals surface area contributed by atoms with Gasteiger partial charge < -0.3 is 10.5 Å². The van der Waals surface area contributed by atoms with E-state index in [-0.39, 0.29) is 23.0 Å². The Kier molecular flexibility index (Phi) is 5.16. The Hall–Kier alpha value is -0.680. The van der Waals surface area contributed by atoms with E-state index in [9.17, 15) is 4.39 Å². The van der Waals surface area contributed by atoms with Crippen molar-refractivity contribution in [3.63, 3.8) is 0 Å². The Labute approximate surface area is 118 Å². The van der Waals surface area contributed by atoms with Crippen LogP contribution >= 0.6 is 11.6 Å². The maximum Gasteiger partial charge on any atom is 0.146 e. The summed E-state index contributed by atoms with van der Waals surface area (Å²) in [6.07, 6.45) is 2.28. The second-order valence-corrected chi connectivity index (χ2v) is 5.30. The van der Waals surface area contributed by atoms with Gasteiger partial charge in [-0.2, -0.15) is 0 Å². The van der Waals surface area contributed by atoms with Gasteiger partial charge in [0.1, 0.15) is 5.82 Å². The smallest absolute Gasteiger partial charge is 0.146 e. The lowest BCUT2D eigenvalue weighted by Gasteiger charge is -2.37. The SMILES string of the molecule is COC1CCCN(C(CN)c2cccc(Cl)c2F)C1. The van der Waals surface area contributed by atoms with Gasteiger partial charge in [0.25, 0.3) is 0 Å². The summed E-state index contributed by atoms with van der Waals surface area (Å²) < 4.78 is 19.5. The zero-order chi connectivity index (χ0) is 13.8. The van der Waals surface area contributed by atoms with Gasteiger partial charge in [-0.3, -0.25) is 4.90 Å². The number of hydrogen-bond donors (Lipinski definition) is 1. The first-order valence-corrected chi connectivity index (χ1v) is 6.96. The first-order valence-electron chi connectivity index (χ1n) is 6.58. The molecule has 1 aromatic rings. The molecule has 2 rings (SSSR count). The third-order valence-electron chi connectivity index (χ3n) is 3.75. The Morgan fingerprint density at radius 1 is 1.58 bits per heavy atom. The fourth-order valence-electron chi connectivity index (χ4n) is 2.69. The summed E-state index contributed by atoms with van der Waals surface area (Å²) in [6, 6.07) is 4.94. The quantitative estimate of drug-likeness (QED) is 0.925. The van der Waals surface area contributed by atoms with Crippen LogP contribution in [0.4, 0.5) is 4.39 Å². The van der Waals surface area contributed by atoms with Crippen LogP contribution in [0.5, 0.6) is 0 Å². The molecule has 2 atom stereocenters. The van der Waals surface area contributed by atoms with Crippen molar-refractivity contribution in [2.75, 3.05) is 26.7 Å². The van der Waals surface area contributed by atoms with E-state index < -0.39 is 0 Å². The number of halogens is 2. The largest absolute Gasteiger partial charge is 0.380 e. The van der Waals surface area contributed by atoms with Crippen LogP contribution in [-0.4, -0.2) is 37.7 Å². The van der Waals surface area contributed by atoms with Crippen LogP contribution in [0.1, 0.15) is 24.4 Å². The summed E-state index contributed by atoms with van der Waals surface area (Å²) in [4.78, 5) is 2.19. The monoisotopic (exact) mass is 286 g/mol. The number of hydrogen-bond acceptors (Lipinski definition) is 3. The maximum absolute atomic E-state index is 14.1. The van der Waals surface area contributed by atoms with Crippen molar-refractivity contribution in [1.82, 2.24) is 4.90 Å². The molecule has 1 aromatic carbocycles. The van der Waals surface area contributed by atoms with Crippen molar-refractivity contribution < 1.29 is 9.13 Å². The third kappa shape index (κ3) is 3.26. The number of rotatable bonds is 4. The van der Waals surface area contributed by atoms with E-state index in [1.807, 2.05) is 0 Å². The molecular weight excluding hydrogens is 267 g/mol. The van der Waals surface area contributed by atoms with E-state index in [2.05, 4.69) is 4.90 Å². The highest BCUT2D eigenvalue weighted by Gasteiger charge is 2.28. The van der Waals surface area contributed by atoms with Crippen LogP contribution in [0, 0.1) is 5.82 Å². The molecule has 0 bridgehead atoms. The van der Waals surface area contributed by atoms with Crippen molar-refractivity contribution in [3.8, 4) is 0 Å². The minimum Gasteiger partial charge on any atom is -0.380 e. The lowest BCUT2D eigenvalue weighted by Crippen LogP contribution is -2.44. The van der Waals surface area contributed by atoms with Crippen LogP contribution in [0.15, 0.2) is 18.2 Å². The molecule has 1 fully saturated rings. The minimum atomic E-state index is -0.362. The molecule has 0 saturated carbocycles. The third-order valence-corrected chi connectivity index (χ3v) is 4.04. The number of nitrogens with two attached hydrogens (primary N) is 1. The Bertz CT molecular complexity index is 430. The normalized spacial score (nSPS) is 22.4. The van der Waals surface area contributed by atoms with Crippen LogP contribution in [-0.2, 0) is 4.74 Å². The van der Waals surface area contributed by atoms with Gasteiger partial charge in [-0.15, -0.1) is 0 Å². The molecule has 5 heteroatoms. The van der Waals surface area contributed by atoms with Crippen LogP contribution in [0.25, 0.3) is 0 Å². The zero-order valence-electron chi connectivity index (χ0n) is 11.1. The lowest BCUT2D eigenvalue weighted by atomic mass is 10.00. The molecule has 0 spiro atoms. The highest BCUT2D eigenvalue weighted by Crippen LogP contribution is 2.29. The number of benzene rings is 1. The Balaban J connectivity index is 2.21. The highest BCUT2D eigenvalue weighted by atomic mass is 35.5.